The average molecular weight is 268 g/mol. The third-order valence-electron chi connectivity index (χ3n) is 4.52. The Morgan fingerprint density at radius 2 is 1.95 bits per heavy atom. The number of likely N-dealkylation sites (tertiary alicyclic amines) is 1. The van der Waals surface area contributed by atoms with Crippen molar-refractivity contribution < 1.29 is 4.79 Å². The first kappa shape index (κ1) is 14.8. The predicted molar refractivity (Wildman–Crippen MR) is 76.9 cm³/mol. The molecule has 0 aromatic carbocycles. The van der Waals surface area contributed by atoms with Gasteiger partial charge in [-0.2, -0.15) is 0 Å². The number of hydrogen-bond acceptors (Lipinski definition) is 4. The summed E-state index contributed by atoms with van der Waals surface area (Å²) >= 11 is 0. The molecule has 1 aliphatic heterocycles. The zero-order valence-electron chi connectivity index (χ0n) is 12.5. The van der Waals surface area contributed by atoms with Crippen molar-refractivity contribution in [1.29, 1.82) is 0 Å². The number of piperidine rings is 1. The van der Waals surface area contributed by atoms with Crippen LogP contribution in [0.5, 0.6) is 0 Å². The van der Waals surface area contributed by atoms with Gasteiger partial charge in [-0.25, -0.2) is 0 Å². The molecule has 0 radical (unpaired) electrons. The van der Waals surface area contributed by atoms with Crippen molar-refractivity contribution in [2.75, 3.05) is 33.7 Å². The molecule has 5 heteroatoms. The quantitative estimate of drug-likeness (QED) is 0.712. The van der Waals surface area contributed by atoms with Crippen LogP contribution < -0.4 is 11.1 Å². The Morgan fingerprint density at radius 1 is 1.37 bits per heavy atom. The van der Waals surface area contributed by atoms with Crippen LogP contribution in [0.15, 0.2) is 0 Å². The molecule has 0 aromatic rings. The molecule has 1 heterocycles. The minimum atomic E-state index is -0.598. The Bertz CT molecular complexity index is 323. The van der Waals surface area contributed by atoms with Crippen LogP contribution in [0.3, 0.4) is 0 Å². The van der Waals surface area contributed by atoms with E-state index in [1.165, 1.54) is 25.7 Å². The number of nitrogens with one attached hydrogen (secondary N) is 1. The van der Waals surface area contributed by atoms with Gasteiger partial charge >= 0.3 is 0 Å². The lowest BCUT2D eigenvalue weighted by atomic mass is 9.97. The lowest BCUT2D eigenvalue weighted by Crippen LogP contribution is -2.61. The summed E-state index contributed by atoms with van der Waals surface area (Å²) in [4.78, 5) is 16.5. The molecule has 0 spiro atoms. The predicted octanol–water partition coefficient (Wildman–Crippen LogP) is 0.00840. The number of primary amides is 1. The number of carbonyl (C=O) groups excluding carboxylic acids is 1. The van der Waals surface area contributed by atoms with Gasteiger partial charge in [0.05, 0.1) is 0 Å². The molecule has 5 nitrogen and oxygen atoms in total. The summed E-state index contributed by atoms with van der Waals surface area (Å²) in [7, 11) is 4.28. The van der Waals surface area contributed by atoms with E-state index in [4.69, 9.17) is 5.73 Å². The summed E-state index contributed by atoms with van der Waals surface area (Å²) in [6, 6.07) is 1.05. The van der Waals surface area contributed by atoms with E-state index in [0.717, 1.165) is 13.1 Å². The Kier molecular flexibility index (Phi) is 4.48. The van der Waals surface area contributed by atoms with E-state index >= 15 is 0 Å². The zero-order valence-corrected chi connectivity index (χ0v) is 12.5. The van der Waals surface area contributed by atoms with Crippen molar-refractivity contribution in [2.24, 2.45) is 5.73 Å². The minimum Gasteiger partial charge on any atom is -0.368 e. The SMILES string of the molecule is CN1CCC(N(C)CC(C)(NC2CC2)C(N)=O)CC1. The number of amides is 1. The molecule has 0 bridgehead atoms. The monoisotopic (exact) mass is 268 g/mol. The largest absolute Gasteiger partial charge is 0.368 e. The molecule has 2 fully saturated rings. The standard InChI is InChI=1S/C14H28N4O/c1-14(13(15)19,16-11-4-5-11)10-18(3)12-6-8-17(2)9-7-12/h11-12,16H,4-10H2,1-3H3,(H2,15,19). The van der Waals surface area contributed by atoms with Crippen molar-refractivity contribution in [3.63, 3.8) is 0 Å². The molecule has 1 saturated heterocycles. The maximum atomic E-state index is 11.8. The molecule has 1 unspecified atom stereocenters. The van der Waals surface area contributed by atoms with E-state index < -0.39 is 5.54 Å². The maximum Gasteiger partial charge on any atom is 0.238 e. The average Bonchev–Trinajstić information content (AvgIpc) is 3.13. The van der Waals surface area contributed by atoms with Gasteiger partial charge in [-0.1, -0.05) is 0 Å². The Morgan fingerprint density at radius 3 is 2.42 bits per heavy atom. The van der Waals surface area contributed by atoms with E-state index in [-0.39, 0.29) is 5.91 Å². The fourth-order valence-corrected chi connectivity index (χ4v) is 2.94. The van der Waals surface area contributed by atoms with Gasteiger partial charge in [0.15, 0.2) is 0 Å². The number of nitrogens with two attached hydrogens (primary N) is 1. The molecular formula is C14H28N4O. The second-order valence-electron chi connectivity index (χ2n) is 6.56. The van der Waals surface area contributed by atoms with Gasteiger partial charge in [-0.3, -0.25) is 10.1 Å². The first-order valence-electron chi connectivity index (χ1n) is 7.37. The van der Waals surface area contributed by atoms with Crippen LogP contribution in [0.4, 0.5) is 0 Å². The second kappa shape index (κ2) is 5.77. The molecular weight excluding hydrogens is 240 g/mol. The van der Waals surface area contributed by atoms with Crippen LogP contribution in [0.25, 0.3) is 0 Å². The van der Waals surface area contributed by atoms with Crippen LogP contribution in [-0.2, 0) is 4.79 Å². The second-order valence-corrected chi connectivity index (χ2v) is 6.56. The zero-order chi connectivity index (χ0) is 14.0. The van der Waals surface area contributed by atoms with Crippen molar-refractivity contribution in [1.82, 2.24) is 15.1 Å². The highest BCUT2D eigenvalue weighted by Gasteiger charge is 2.39. The van der Waals surface area contributed by atoms with Crippen LogP contribution in [0.2, 0.25) is 0 Å². The number of likely N-dealkylation sites (N-methyl/N-ethyl adjacent to an activating group) is 1. The van der Waals surface area contributed by atoms with Gasteiger partial charge in [-0.15, -0.1) is 0 Å². The first-order chi connectivity index (χ1) is 8.90. The Hall–Kier alpha value is -0.650. The minimum absolute atomic E-state index is 0.237. The first-order valence-corrected chi connectivity index (χ1v) is 7.37. The third-order valence-corrected chi connectivity index (χ3v) is 4.52. The van der Waals surface area contributed by atoms with Crippen molar-refractivity contribution >= 4 is 5.91 Å². The van der Waals surface area contributed by atoms with Crippen LogP contribution >= 0.6 is 0 Å². The summed E-state index contributed by atoms with van der Waals surface area (Å²) in [5, 5.41) is 3.42. The molecule has 19 heavy (non-hydrogen) atoms. The summed E-state index contributed by atoms with van der Waals surface area (Å²) in [6.07, 6.45) is 4.68. The van der Waals surface area contributed by atoms with E-state index in [0.29, 0.717) is 18.6 Å². The lowest BCUT2D eigenvalue weighted by molar-refractivity contribution is -0.124. The molecule has 1 saturated carbocycles. The molecule has 1 amide bonds. The fourth-order valence-electron chi connectivity index (χ4n) is 2.94. The van der Waals surface area contributed by atoms with Crippen molar-refractivity contribution in [2.45, 2.75) is 50.2 Å². The highest BCUT2D eigenvalue weighted by atomic mass is 16.1. The van der Waals surface area contributed by atoms with E-state index in [2.05, 4.69) is 29.2 Å². The molecule has 110 valence electrons. The highest BCUT2D eigenvalue weighted by molar-refractivity contribution is 5.84. The Labute approximate surface area is 116 Å². The Balaban J connectivity index is 1.90. The highest BCUT2D eigenvalue weighted by Crippen LogP contribution is 2.24. The number of carbonyl (C=O) groups is 1. The summed E-state index contributed by atoms with van der Waals surface area (Å²) in [5.41, 5.74) is 5.01. The van der Waals surface area contributed by atoms with Gasteiger partial charge in [0.1, 0.15) is 5.54 Å². The van der Waals surface area contributed by atoms with Gasteiger partial charge in [0.25, 0.3) is 0 Å². The smallest absolute Gasteiger partial charge is 0.238 e. The van der Waals surface area contributed by atoms with E-state index in [1.54, 1.807) is 0 Å². The summed E-state index contributed by atoms with van der Waals surface area (Å²) < 4.78 is 0. The normalized spacial score (nSPS) is 25.5. The fraction of sp³-hybridized carbons (Fsp3) is 0.929. The molecule has 3 N–H and O–H groups in total. The molecule has 1 aliphatic carbocycles. The topological polar surface area (TPSA) is 61.6 Å². The third kappa shape index (κ3) is 3.91. The number of hydrogen-bond donors (Lipinski definition) is 2. The lowest BCUT2D eigenvalue weighted by Gasteiger charge is -2.39. The molecule has 1 atom stereocenters. The van der Waals surface area contributed by atoms with Crippen molar-refractivity contribution in [3.05, 3.63) is 0 Å². The van der Waals surface area contributed by atoms with Gasteiger partial charge < -0.3 is 15.5 Å². The van der Waals surface area contributed by atoms with Crippen molar-refractivity contribution in [3.8, 4) is 0 Å². The van der Waals surface area contributed by atoms with E-state index in [1.807, 2.05) is 6.92 Å². The van der Waals surface area contributed by atoms with Gasteiger partial charge in [0.2, 0.25) is 5.91 Å². The number of rotatable bonds is 6. The molecule has 2 aliphatic rings. The summed E-state index contributed by atoms with van der Waals surface area (Å²) in [6.45, 7) is 4.92. The van der Waals surface area contributed by atoms with Crippen LogP contribution in [0.1, 0.15) is 32.6 Å². The molecule has 2 rings (SSSR count). The van der Waals surface area contributed by atoms with Crippen LogP contribution in [0, 0.1) is 0 Å². The van der Waals surface area contributed by atoms with Gasteiger partial charge in [-0.05, 0) is 59.8 Å². The summed E-state index contributed by atoms with van der Waals surface area (Å²) in [5.74, 6) is -0.237. The van der Waals surface area contributed by atoms with Crippen LogP contribution in [-0.4, -0.2) is 67.1 Å². The number of nitrogens with zero attached hydrogens (tertiary/aromatic N) is 2. The van der Waals surface area contributed by atoms with E-state index in [9.17, 15) is 4.79 Å². The molecule has 0 aromatic heterocycles. The maximum absolute atomic E-state index is 11.8. The van der Waals surface area contributed by atoms with Gasteiger partial charge in [0, 0.05) is 18.6 Å².